The third-order valence-corrected chi connectivity index (χ3v) is 15.9. The first-order chi connectivity index (χ1) is 24.4. The van der Waals surface area contributed by atoms with Gasteiger partial charge >= 0.3 is 11.9 Å². The SMILES string of the molecule is C=C(C)[C@@H]1CC[C@]2(C(=O)NCCN(CC(=O)O)CC(=O)O)CC[C@]3(C)[C@H](CC[C@@H]4[C@@]5(C)CC=C(c6ccc(OC=O)cc6)C(C)(C)[C@@H]5CC[C@]43C)[C@@H]12. The number of carboxylic acid groups (broad SMARTS) is 2. The van der Waals surface area contributed by atoms with Crippen LogP contribution in [0.15, 0.2) is 42.5 Å². The Kier molecular flexibility index (Phi) is 10.1. The number of nitrogens with zero attached hydrogens (tertiary/aromatic N) is 1. The Morgan fingerprint density at radius 3 is 2.19 bits per heavy atom. The Hall–Kier alpha value is -3.46. The summed E-state index contributed by atoms with van der Waals surface area (Å²) in [7, 11) is 0. The van der Waals surface area contributed by atoms with E-state index >= 15 is 0 Å². The van der Waals surface area contributed by atoms with Gasteiger partial charge < -0.3 is 20.3 Å². The van der Waals surface area contributed by atoms with Crippen molar-refractivity contribution in [3.05, 3.63) is 48.1 Å². The molecular weight excluding hydrogens is 656 g/mol. The Labute approximate surface area is 309 Å². The highest BCUT2D eigenvalue weighted by Crippen LogP contribution is 2.77. The number of aliphatic carboxylic acids is 2. The van der Waals surface area contributed by atoms with Crippen LogP contribution >= 0.6 is 0 Å². The maximum Gasteiger partial charge on any atom is 0.317 e. The van der Waals surface area contributed by atoms with E-state index in [1.807, 2.05) is 12.1 Å². The highest BCUT2D eigenvalue weighted by atomic mass is 16.5. The van der Waals surface area contributed by atoms with Crippen LogP contribution in [-0.4, -0.2) is 65.6 Å². The quantitative estimate of drug-likeness (QED) is 0.150. The Balaban J connectivity index is 1.26. The lowest BCUT2D eigenvalue weighted by Crippen LogP contribution is -2.66. The maximum atomic E-state index is 14.4. The summed E-state index contributed by atoms with van der Waals surface area (Å²) < 4.78 is 5.07. The van der Waals surface area contributed by atoms with Crippen LogP contribution in [-0.2, 0) is 19.2 Å². The van der Waals surface area contributed by atoms with Crippen LogP contribution in [0.4, 0.5) is 0 Å². The second-order valence-electron chi connectivity index (χ2n) is 18.4. The highest BCUT2D eigenvalue weighted by Gasteiger charge is 2.71. The highest BCUT2D eigenvalue weighted by molar-refractivity contribution is 5.84. The molecule has 0 aliphatic heterocycles. The number of allylic oxidation sites excluding steroid dienone is 3. The monoisotopic (exact) mass is 716 g/mol. The number of carboxylic acids is 2. The standard InChI is InChI=1S/C43H60N2O7/c1-27(2)30-14-19-43(38(51)44-22-23-45(24-35(47)48)25-36(49)50)21-20-41(6)32(37(30)43)12-13-34-40(5)17-15-31(28-8-10-29(11-9-28)52-26-46)39(3,4)33(40)16-18-42(34,41)7/h8-11,15,26,30,32-34,37H,1,12-14,16-25H2,2-7H3,(H,44,51)(H,47,48)(H,49,50)/t30-,32+,33-,34+,37+,40-,41+,42+,43-/m0/s1. The molecule has 284 valence electrons. The van der Waals surface area contributed by atoms with Gasteiger partial charge in [-0.25, -0.2) is 0 Å². The van der Waals surface area contributed by atoms with Crippen LogP contribution in [0.3, 0.4) is 0 Å². The zero-order valence-electron chi connectivity index (χ0n) is 32.1. The molecule has 5 aliphatic carbocycles. The summed E-state index contributed by atoms with van der Waals surface area (Å²) in [6.07, 6.45) is 11.7. The lowest BCUT2D eigenvalue weighted by atomic mass is 9.32. The number of fused-ring (bicyclic) bond motifs is 7. The van der Waals surface area contributed by atoms with E-state index in [-0.39, 0.29) is 65.6 Å². The summed E-state index contributed by atoms with van der Waals surface area (Å²) in [6, 6.07) is 7.93. The van der Waals surface area contributed by atoms with E-state index in [2.05, 4.69) is 71.6 Å². The summed E-state index contributed by atoms with van der Waals surface area (Å²) in [5.41, 5.74) is 3.54. The topological polar surface area (TPSA) is 133 Å². The number of nitrogens with one attached hydrogen (secondary N) is 1. The van der Waals surface area contributed by atoms with Crippen LogP contribution in [0.5, 0.6) is 5.75 Å². The summed E-state index contributed by atoms with van der Waals surface area (Å²) in [5, 5.41) is 21.8. The molecule has 1 amide bonds. The van der Waals surface area contributed by atoms with Crippen molar-refractivity contribution < 1.29 is 34.1 Å². The fourth-order valence-electron chi connectivity index (χ4n) is 13.5. The van der Waals surface area contributed by atoms with E-state index < -0.39 is 17.4 Å². The zero-order valence-corrected chi connectivity index (χ0v) is 32.1. The summed E-state index contributed by atoms with van der Waals surface area (Å²) in [4.78, 5) is 49.4. The van der Waals surface area contributed by atoms with Gasteiger partial charge in [-0.3, -0.25) is 24.1 Å². The lowest BCUT2D eigenvalue weighted by molar-refractivity contribution is -0.225. The molecule has 0 spiro atoms. The normalized spacial score (nSPS) is 37.4. The number of benzene rings is 1. The van der Waals surface area contributed by atoms with E-state index in [1.165, 1.54) is 28.0 Å². The van der Waals surface area contributed by atoms with Crippen LogP contribution < -0.4 is 10.1 Å². The Morgan fingerprint density at radius 1 is 0.904 bits per heavy atom. The molecule has 5 aliphatic rings. The zero-order chi connectivity index (χ0) is 37.9. The molecule has 9 atom stereocenters. The van der Waals surface area contributed by atoms with Crippen LogP contribution in [0.2, 0.25) is 0 Å². The number of hydrogen-bond donors (Lipinski definition) is 3. The molecule has 9 nitrogen and oxygen atoms in total. The van der Waals surface area contributed by atoms with Crippen molar-refractivity contribution in [3.8, 4) is 5.75 Å². The van der Waals surface area contributed by atoms with Gasteiger partial charge in [0.1, 0.15) is 5.75 Å². The van der Waals surface area contributed by atoms with E-state index in [1.54, 1.807) is 0 Å². The second-order valence-corrected chi connectivity index (χ2v) is 18.4. The number of ether oxygens (including phenoxy) is 1. The van der Waals surface area contributed by atoms with Gasteiger partial charge in [-0.05, 0) is 139 Å². The van der Waals surface area contributed by atoms with Gasteiger partial charge in [0.05, 0.1) is 18.5 Å². The first-order valence-corrected chi connectivity index (χ1v) is 19.5. The molecule has 1 aromatic carbocycles. The lowest BCUT2D eigenvalue weighted by Gasteiger charge is -2.72. The molecule has 0 heterocycles. The Morgan fingerprint density at radius 2 is 1.58 bits per heavy atom. The van der Waals surface area contributed by atoms with E-state index in [9.17, 15) is 29.4 Å². The van der Waals surface area contributed by atoms with E-state index in [0.717, 1.165) is 51.4 Å². The molecule has 0 aromatic heterocycles. The molecule has 0 bridgehead atoms. The number of carbonyl (C=O) groups is 4. The fraction of sp³-hybridized carbons (Fsp3) is 0.674. The number of hydrogen-bond acceptors (Lipinski definition) is 6. The maximum absolute atomic E-state index is 14.4. The first kappa shape index (κ1) is 38.3. The van der Waals surface area contributed by atoms with Crippen molar-refractivity contribution >= 4 is 29.9 Å². The van der Waals surface area contributed by atoms with Crippen molar-refractivity contribution in [2.45, 2.75) is 99.3 Å². The molecule has 4 fully saturated rings. The molecule has 6 rings (SSSR count). The molecular formula is C43H60N2O7. The van der Waals surface area contributed by atoms with E-state index in [0.29, 0.717) is 30.0 Å². The van der Waals surface area contributed by atoms with Crippen LogP contribution in [0, 0.1) is 56.7 Å². The number of amides is 1. The smallest absolute Gasteiger partial charge is 0.317 e. The fourth-order valence-corrected chi connectivity index (χ4v) is 13.5. The largest absolute Gasteiger partial charge is 0.480 e. The molecule has 3 N–H and O–H groups in total. The molecule has 9 heteroatoms. The summed E-state index contributed by atoms with van der Waals surface area (Å²) in [6.45, 7) is 19.3. The van der Waals surface area contributed by atoms with Gasteiger partial charge in [0.2, 0.25) is 5.91 Å². The molecule has 4 saturated carbocycles. The second kappa shape index (κ2) is 13.7. The van der Waals surface area contributed by atoms with Crippen molar-refractivity contribution in [1.29, 1.82) is 0 Å². The van der Waals surface area contributed by atoms with Crippen molar-refractivity contribution in [2.75, 3.05) is 26.2 Å². The average molecular weight is 717 g/mol. The first-order valence-electron chi connectivity index (χ1n) is 19.5. The predicted molar refractivity (Wildman–Crippen MR) is 200 cm³/mol. The summed E-state index contributed by atoms with van der Waals surface area (Å²) >= 11 is 0. The van der Waals surface area contributed by atoms with Gasteiger partial charge in [-0.2, -0.15) is 0 Å². The van der Waals surface area contributed by atoms with Crippen molar-refractivity contribution in [1.82, 2.24) is 10.2 Å². The number of rotatable bonds is 12. The molecule has 1 aromatic rings. The van der Waals surface area contributed by atoms with Gasteiger partial charge in [0, 0.05) is 13.1 Å². The third kappa shape index (κ3) is 6.03. The van der Waals surface area contributed by atoms with Gasteiger partial charge in [-0.1, -0.05) is 65.0 Å². The molecule has 0 radical (unpaired) electrons. The molecule has 0 saturated heterocycles. The predicted octanol–water partition coefficient (Wildman–Crippen LogP) is 7.46. The molecule has 52 heavy (non-hydrogen) atoms. The van der Waals surface area contributed by atoms with Crippen LogP contribution in [0.25, 0.3) is 5.57 Å². The minimum atomic E-state index is -1.09. The minimum Gasteiger partial charge on any atom is -0.480 e. The van der Waals surface area contributed by atoms with Crippen molar-refractivity contribution in [2.24, 2.45) is 56.7 Å². The molecule has 0 unspecified atom stereocenters. The van der Waals surface area contributed by atoms with E-state index in [4.69, 9.17) is 4.74 Å². The van der Waals surface area contributed by atoms with Gasteiger partial charge in [-0.15, -0.1) is 0 Å². The minimum absolute atomic E-state index is 0.0278. The van der Waals surface area contributed by atoms with Gasteiger partial charge in [0.25, 0.3) is 6.47 Å². The van der Waals surface area contributed by atoms with Gasteiger partial charge in [0.15, 0.2) is 0 Å². The Bertz CT molecular complexity index is 1620. The van der Waals surface area contributed by atoms with Crippen molar-refractivity contribution in [3.63, 3.8) is 0 Å². The van der Waals surface area contributed by atoms with Crippen LogP contribution in [0.1, 0.15) is 105 Å². The summed E-state index contributed by atoms with van der Waals surface area (Å²) in [5.74, 6) is 0.375. The number of carbonyl (C=O) groups excluding carboxylic acids is 2. The average Bonchev–Trinajstić information content (AvgIpc) is 3.46. The third-order valence-electron chi connectivity index (χ3n) is 15.9.